The molecule has 1 amide bonds. The van der Waals surface area contributed by atoms with E-state index in [1.54, 1.807) is 0 Å². The first-order valence-corrected chi connectivity index (χ1v) is 7.24. The molecular formula is C14H20BrClN2O. The lowest BCUT2D eigenvalue weighted by Crippen LogP contribution is -2.30. The lowest BCUT2D eigenvalue weighted by molar-refractivity contribution is 0.0951. The van der Waals surface area contributed by atoms with Crippen LogP contribution in [0.4, 0.5) is 0 Å². The summed E-state index contributed by atoms with van der Waals surface area (Å²) in [5.41, 5.74) is 1.76. The number of carbonyl (C=O) groups is 1. The molecule has 0 saturated carbocycles. The predicted octanol–water partition coefficient (Wildman–Crippen LogP) is 3.05. The van der Waals surface area contributed by atoms with Crippen LogP contribution in [0.3, 0.4) is 0 Å². The second-order valence-electron chi connectivity index (χ2n) is 4.80. The van der Waals surface area contributed by atoms with Gasteiger partial charge in [0.15, 0.2) is 0 Å². The molecule has 2 N–H and O–H groups in total. The minimum Gasteiger partial charge on any atom is -0.352 e. The highest BCUT2D eigenvalue weighted by atomic mass is 79.9. The summed E-state index contributed by atoms with van der Waals surface area (Å²) in [5, 5.41) is 6.42. The third kappa shape index (κ3) is 4.79. The molecule has 0 aliphatic carbocycles. The van der Waals surface area contributed by atoms with Crippen molar-refractivity contribution in [2.75, 3.05) is 13.1 Å². The van der Waals surface area contributed by atoms with Crippen LogP contribution in [0.1, 0.15) is 35.2 Å². The molecule has 19 heavy (non-hydrogen) atoms. The van der Waals surface area contributed by atoms with E-state index in [1.165, 1.54) is 12.8 Å². The zero-order valence-electron chi connectivity index (χ0n) is 11.0. The van der Waals surface area contributed by atoms with Crippen LogP contribution in [-0.2, 0) is 0 Å². The standard InChI is InChI=1S/C14H19BrN2O.ClH/c1-10-9-11(15)4-5-13(10)14(18)17-8-6-12-3-2-7-16-12;/h4-5,9,12,16H,2-3,6-8H2,1H3,(H,17,18);1H/t12-;/m1./s1. The summed E-state index contributed by atoms with van der Waals surface area (Å²) in [6, 6.07) is 6.31. The molecule has 106 valence electrons. The maximum absolute atomic E-state index is 12.0. The van der Waals surface area contributed by atoms with Crippen LogP contribution in [0.5, 0.6) is 0 Å². The van der Waals surface area contributed by atoms with E-state index < -0.39 is 0 Å². The van der Waals surface area contributed by atoms with Gasteiger partial charge >= 0.3 is 0 Å². The minimum atomic E-state index is 0. The van der Waals surface area contributed by atoms with Crippen molar-refractivity contribution in [3.63, 3.8) is 0 Å². The number of hydrogen-bond donors (Lipinski definition) is 2. The van der Waals surface area contributed by atoms with Gasteiger partial charge in [-0.15, -0.1) is 12.4 Å². The van der Waals surface area contributed by atoms with Crippen molar-refractivity contribution in [1.29, 1.82) is 0 Å². The second-order valence-corrected chi connectivity index (χ2v) is 5.71. The molecule has 0 radical (unpaired) electrons. The van der Waals surface area contributed by atoms with Gasteiger partial charge in [0.25, 0.3) is 5.91 Å². The summed E-state index contributed by atoms with van der Waals surface area (Å²) in [6.45, 7) is 3.81. The van der Waals surface area contributed by atoms with E-state index in [2.05, 4.69) is 26.6 Å². The summed E-state index contributed by atoms with van der Waals surface area (Å²) in [6.07, 6.45) is 3.50. The number of hydrogen-bond acceptors (Lipinski definition) is 2. The third-order valence-corrected chi connectivity index (χ3v) is 3.87. The number of carbonyl (C=O) groups excluding carboxylic acids is 1. The Hall–Kier alpha value is -0.580. The first kappa shape index (κ1) is 16.5. The normalized spacial score (nSPS) is 17.9. The zero-order chi connectivity index (χ0) is 13.0. The van der Waals surface area contributed by atoms with Gasteiger partial charge in [0.2, 0.25) is 0 Å². The Balaban J connectivity index is 0.00000180. The minimum absolute atomic E-state index is 0. The Kier molecular flexibility index (Phi) is 6.83. The summed E-state index contributed by atoms with van der Waals surface area (Å²) >= 11 is 3.40. The molecule has 1 aromatic carbocycles. The first-order valence-electron chi connectivity index (χ1n) is 6.44. The Morgan fingerprint density at radius 3 is 2.95 bits per heavy atom. The fourth-order valence-electron chi connectivity index (χ4n) is 2.34. The summed E-state index contributed by atoms with van der Waals surface area (Å²) in [5.74, 6) is 0.0259. The Morgan fingerprint density at radius 2 is 2.32 bits per heavy atom. The van der Waals surface area contributed by atoms with Crippen molar-refractivity contribution in [3.05, 3.63) is 33.8 Å². The van der Waals surface area contributed by atoms with E-state index in [-0.39, 0.29) is 18.3 Å². The van der Waals surface area contributed by atoms with E-state index >= 15 is 0 Å². The molecule has 5 heteroatoms. The molecular weight excluding hydrogens is 328 g/mol. The molecule has 0 aromatic heterocycles. The van der Waals surface area contributed by atoms with Crippen LogP contribution in [0.25, 0.3) is 0 Å². The van der Waals surface area contributed by atoms with E-state index in [4.69, 9.17) is 0 Å². The number of benzene rings is 1. The molecule has 1 saturated heterocycles. The Morgan fingerprint density at radius 1 is 1.53 bits per heavy atom. The van der Waals surface area contributed by atoms with E-state index in [0.717, 1.165) is 35.1 Å². The molecule has 1 aromatic rings. The van der Waals surface area contributed by atoms with Crippen LogP contribution in [0.15, 0.2) is 22.7 Å². The van der Waals surface area contributed by atoms with Gasteiger partial charge in [-0.3, -0.25) is 4.79 Å². The van der Waals surface area contributed by atoms with Gasteiger partial charge in [-0.25, -0.2) is 0 Å². The van der Waals surface area contributed by atoms with Gasteiger partial charge in [-0.2, -0.15) is 0 Å². The summed E-state index contributed by atoms with van der Waals surface area (Å²) in [7, 11) is 0. The average molecular weight is 348 g/mol. The van der Waals surface area contributed by atoms with Crippen LogP contribution in [0, 0.1) is 6.92 Å². The van der Waals surface area contributed by atoms with Crippen molar-refractivity contribution in [3.8, 4) is 0 Å². The molecule has 0 spiro atoms. The molecule has 1 atom stereocenters. The Bertz CT molecular complexity index is 433. The van der Waals surface area contributed by atoms with Gasteiger partial charge in [0.05, 0.1) is 0 Å². The highest BCUT2D eigenvalue weighted by Crippen LogP contribution is 2.15. The largest absolute Gasteiger partial charge is 0.352 e. The molecule has 0 unspecified atom stereocenters. The Labute approximate surface area is 129 Å². The smallest absolute Gasteiger partial charge is 0.251 e. The average Bonchev–Trinajstić information content (AvgIpc) is 2.81. The van der Waals surface area contributed by atoms with E-state index in [0.29, 0.717) is 6.04 Å². The monoisotopic (exact) mass is 346 g/mol. The van der Waals surface area contributed by atoms with E-state index in [9.17, 15) is 4.79 Å². The number of amides is 1. The highest BCUT2D eigenvalue weighted by Gasteiger charge is 2.14. The van der Waals surface area contributed by atoms with Gasteiger partial charge in [-0.1, -0.05) is 15.9 Å². The zero-order valence-corrected chi connectivity index (χ0v) is 13.4. The van der Waals surface area contributed by atoms with Gasteiger partial charge in [0.1, 0.15) is 0 Å². The molecule has 1 fully saturated rings. The van der Waals surface area contributed by atoms with Crippen LogP contribution in [-0.4, -0.2) is 25.0 Å². The second kappa shape index (κ2) is 7.88. The maximum atomic E-state index is 12.0. The van der Waals surface area contributed by atoms with Crippen molar-refractivity contribution in [2.45, 2.75) is 32.2 Å². The highest BCUT2D eigenvalue weighted by molar-refractivity contribution is 9.10. The van der Waals surface area contributed by atoms with Gasteiger partial charge in [-0.05, 0) is 56.5 Å². The maximum Gasteiger partial charge on any atom is 0.251 e. The molecule has 1 heterocycles. The van der Waals surface area contributed by atoms with Crippen LogP contribution < -0.4 is 10.6 Å². The van der Waals surface area contributed by atoms with Crippen molar-refractivity contribution in [2.24, 2.45) is 0 Å². The third-order valence-electron chi connectivity index (χ3n) is 3.37. The fraction of sp³-hybridized carbons (Fsp3) is 0.500. The quantitative estimate of drug-likeness (QED) is 0.879. The fourth-order valence-corrected chi connectivity index (χ4v) is 2.82. The summed E-state index contributed by atoms with van der Waals surface area (Å²) in [4.78, 5) is 12.0. The molecule has 1 aliphatic rings. The lowest BCUT2D eigenvalue weighted by atomic mass is 10.1. The van der Waals surface area contributed by atoms with Gasteiger partial charge < -0.3 is 10.6 Å². The van der Waals surface area contributed by atoms with Crippen molar-refractivity contribution >= 4 is 34.2 Å². The predicted molar refractivity (Wildman–Crippen MR) is 84.1 cm³/mol. The topological polar surface area (TPSA) is 41.1 Å². The van der Waals surface area contributed by atoms with Crippen molar-refractivity contribution in [1.82, 2.24) is 10.6 Å². The lowest BCUT2D eigenvalue weighted by Gasteiger charge is -2.11. The molecule has 0 bridgehead atoms. The SMILES string of the molecule is Cc1cc(Br)ccc1C(=O)NCC[C@H]1CCCN1.Cl. The number of aryl methyl sites for hydroxylation is 1. The summed E-state index contributed by atoms with van der Waals surface area (Å²) < 4.78 is 1.01. The van der Waals surface area contributed by atoms with Crippen LogP contribution >= 0.6 is 28.3 Å². The molecule has 3 nitrogen and oxygen atoms in total. The first-order chi connectivity index (χ1) is 8.66. The number of nitrogens with one attached hydrogen (secondary N) is 2. The van der Waals surface area contributed by atoms with E-state index in [1.807, 2.05) is 25.1 Å². The molecule has 1 aliphatic heterocycles. The van der Waals surface area contributed by atoms with Gasteiger partial charge in [0, 0.05) is 22.6 Å². The number of rotatable bonds is 4. The number of halogens is 2. The van der Waals surface area contributed by atoms with Crippen LogP contribution in [0.2, 0.25) is 0 Å². The molecule has 2 rings (SSSR count). The van der Waals surface area contributed by atoms with Crippen molar-refractivity contribution < 1.29 is 4.79 Å².